The summed E-state index contributed by atoms with van der Waals surface area (Å²) in [7, 11) is 0. The SMILES string of the molecule is C=CCN(CC(=O)O)C(=O)Nc1ccc(C)c(Br)c1. The molecule has 0 saturated carbocycles. The highest BCUT2D eigenvalue weighted by molar-refractivity contribution is 9.10. The van der Waals surface area contributed by atoms with Crippen LogP contribution in [0.15, 0.2) is 35.3 Å². The van der Waals surface area contributed by atoms with Crippen molar-refractivity contribution in [2.45, 2.75) is 6.92 Å². The van der Waals surface area contributed by atoms with Crippen LogP contribution in [-0.2, 0) is 4.79 Å². The normalized spacial score (nSPS) is 9.79. The molecule has 0 saturated heterocycles. The zero-order chi connectivity index (χ0) is 14.4. The van der Waals surface area contributed by atoms with Crippen molar-refractivity contribution in [2.75, 3.05) is 18.4 Å². The number of carbonyl (C=O) groups is 2. The molecule has 0 unspecified atom stereocenters. The van der Waals surface area contributed by atoms with Gasteiger partial charge in [0.1, 0.15) is 6.54 Å². The van der Waals surface area contributed by atoms with Crippen molar-refractivity contribution >= 4 is 33.6 Å². The number of nitrogens with zero attached hydrogens (tertiary/aromatic N) is 1. The van der Waals surface area contributed by atoms with Crippen LogP contribution in [0.5, 0.6) is 0 Å². The highest BCUT2D eigenvalue weighted by Gasteiger charge is 2.15. The number of carbonyl (C=O) groups excluding carboxylic acids is 1. The second kappa shape index (κ2) is 6.94. The van der Waals surface area contributed by atoms with Crippen LogP contribution in [0.3, 0.4) is 0 Å². The molecule has 1 aromatic carbocycles. The zero-order valence-corrected chi connectivity index (χ0v) is 12.1. The van der Waals surface area contributed by atoms with Gasteiger partial charge in [0.25, 0.3) is 0 Å². The van der Waals surface area contributed by atoms with Crippen molar-refractivity contribution in [2.24, 2.45) is 0 Å². The lowest BCUT2D eigenvalue weighted by Crippen LogP contribution is -2.38. The summed E-state index contributed by atoms with van der Waals surface area (Å²) in [5, 5.41) is 11.4. The fourth-order valence-electron chi connectivity index (χ4n) is 1.41. The molecule has 19 heavy (non-hydrogen) atoms. The lowest BCUT2D eigenvalue weighted by molar-refractivity contribution is -0.137. The van der Waals surface area contributed by atoms with Crippen LogP contribution >= 0.6 is 15.9 Å². The molecule has 2 N–H and O–H groups in total. The number of amides is 2. The smallest absolute Gasteiger partial charge is 0.323 e. The fraction of sp³-hybridized carbons (Fsp3) is 0.231. The average Bonchev–Trinajstić information content (AvgIpc) is 2.33. The number of carboxylic acid groups (broad SMARTS) is 1. The number of aliphatic carboxylic acids is 1. The molecule has 1 aromatic rings. The van der Waals surface area contributed by atoms with Gasteiger partial charge in [0, 0.05) is 16.7 Å². The topological polar surface area (TPSA) is 69.6 Å². The second-order valence-corrected chi connectivity index (χ2v) is 4.81. The van der Waals surface area contributed by atoms with Gasteiger partial charge in [0.15, 0.2) is 0 Å². The van der Waals surface area contributed by atoms with E-state index in [2.05, 4.69) is 27.8 Å². The number of urea groups is 1. The largest absolute Gasteiger partial charge is 0.480 e. The van der Waals surface area contributed by atoms with Crippen LogP contribution in [0.2, 0.25) is 0 Å². The molecule has 102 valence electrons. The van der Waals surface area contributed by atoms with Gasteiger partial charge in [-0.2, -0.15) is 0 Å². The van der Waals surface area contributed by atoms with Gasteiger partial charge in [-0.25, -0.2) is 4.79 Å². The number of hydrogen-bond acceptors (Lipinski definition) is 2. The van der Waals surface area contributed by atoms with Crippen molar-refractivity contribution in [3.63, 3.8) is 0 Å². The van der Waals surface area contributed by atoms with Crippen LogP contribution in [-0.4, -0.2) is 35.1 Å². The Morgan fingerprint density at radius 1 is 1.53 bits per heavy atom. The highest BCUT2D eigenvalue weighted by Crippen LogP contribution is 2.20. The quantitative estimate of drug-likeness (QED) is 0.817. The van der Waals surface area contributed by atoms with Crippen molar-refractivity contribution in [1.82, 2.24) is 4.90 Å². The maximum Gasteiger partial charge on any atom is 0.323 e. The summed E-state index contributed by atoms with van der Waals surface area (Å²) in [6, 6.07) is 4.90. The first-order valence-electron chi connectivity index (χ1n) is 5.58. The molecule has 6 heteroatoms. The number of anilines is 1. The van der Waals surface area contributed by atoms with Crippen LogP contribution < -0.4 is 5.32 Å². The maximum absolute atomic E-state index is 11.9. The van der Waals surface area contributed by atoms with E-state index in [1.165, 1.54) is 6.08 Å². The first-order valence-corrected chi connectivity index (χ1v) is 6.38. The van der Waals surface area contributed by atoms with E-state index in [-0.39, 0.29) is 13.1 Å². The molecule has 0 aliphatic carbocycles. The highest BCUT2D eigenvalue weighted by atomic mass is 79.9. The Morgan fingerprint density at radius 2 is 2.21 bits per heavy atom. The number of aryl methyl sites for hydroxylation is 1. The lowest BCUT2D eigenvalue weighted by Gasteiger charge is -2.19. The van der Waals surface area contributed by atoms with E-state index in [4.69, 9.17) is 5.11 Å². The number of hydrogen-bond donors (Lipinski definition) is 2. The van der Waals surface area contributed by atoms with Gasteiger partial charge in [-0.15, -0.1) is 6.58 Å². The molecule has 0 aromatic heterocycles. The third-order valence-electron chi connectivity index (χ3n) is 2.39. The predicted octanol–water partition coefficient (Wildman–Crippen LogP) is 2.86. The molecular formula is C13H15BrN2O3. The van der Waals surface area contributed by atoms with Crippen molar-refractivity contribution in [1.29, 1.82) is 0 Å². The monoisotopic (exact) mass is 326 g/mol. The second-order valence-electron chi connectivity index (χ2n) is 3.96. The molecule has 0 aliphatic heterocycles. The molecule has 0 fully saturated rings. The summed E-state index contributed by atoms with van der Waals surface area (Å²) in [6.45, 7) is 5.24. The summed E-state index contributed by atoms with van der Waals surface area (Å²) in [6.07, 6.45) is 1.48. The van der Waals surface area contributed by atoms with E-state index in [0.29, 0.717) is 5.69 Å². The van der Waals surface area contributed by atoms with Gasteiger partial charge in [-0.3, -0.25) is 4.79 Å². The van der Waals surface area contributed by atoms with Crippen molar-refractivity contribution in [3.05, 3.63) is 40.9 Å². The molecule has 1 rings (SSSR count). The van der Waals surface area contributed by atoms with Gasteiger partial charge in [-0.1, -0.05) is 28.1 Å². The molecule has 0 aliphatic rings. The van der Waals surface area contributed by atoms with Crippen molar-refractivity contribution < 1.29 is 14.7 Å². The lowest BCUT2D eigenvalue weighted by atomic mass is 10.2. The average molecular weight is 327 g/mol. The predicted molar refractivity (Wildman–Crippen MR) is 77.3 cm³/mol. The summed E-state index contributed by atoms with van der Waals surface area (Å²) >= 11 is 3.37. The number of benzene rings is 1. The van der Waals surface area contributed by atoms with Crippen LogP contribution in [0.4, 0.5) is 10.5 Å². The number of rotatable bonds is 5. The Hall–Kier alpha value is -1.82. The number of nitrogens with one attached hydrogen (secondary N) is 1. The molecular weight excluding hydrogens is 312 g/mol. The van der Waals surface area contributed by atoms with E-state index in [0.717, 1.165) is 14.9 Å². The van der Waals surface area contributed by atoms with E-state index >= 15 is 0 Å². The molecule has 0 atom stereocenters. The fourth-order valence-corrected chi connectivity index (χ4v) is 1.79. The van der Waals surface area contributed by atoms with E-state index < -0.39 is 12.0 Å². The first kappa shape index (κ1) is 15.2. The standard InChI is InChI=1S/C13H15BrN2O3/c1-3-6-16(8-12(17)18)13(19)15-10-5-4-9(2)11(14)7-10/h3-5,7H,1,6,8H2,2H3,(H,15,19)(H,17,18). The van der Waals surface area contributed by atoms with E-state index in [1.54, 1.807) is 12.1 Å². The summed E-state index contributed by atoms with van der Waals surface area (Å²) < 4.78 is 0.874. The van der Waals surface area contributed by atoms with Crippen LogP contribution in [0, 0.1) is 6.92 Å². The zero-order valence-electron chi connectivity index (χ0n) is 10.5. The molecule has 0 spiro atoms. The molecule has 5 nitrogen and oxygen atoms in total. The van der Waals surface area contributed by atoms with Gasteiger partial charge in [-0.05, 0) is 24.6 Å². The minimum absolute atomic E-state index is 0.172. The maximum atomic E-state index is 11.9. The molecule has 2 amide bonds. The minimum Gasteiger partial charge on any atom is -0.480 e. The van der Waals surface area contributed by atoms with Crippen LogP contribution in [0.25, 0.3) is 0 Å². The third kappa shape index (κ3) is 4.75. The summed E-state index contributed by atoms with van der Waals surface area (Å²) in [5.74, 6) is -1.07. The first-order chi connectivity index (χ1) is 8.93. The third-order valence-corrected chi connectivity index (χ3v) is 3.24. The summed E-state index contributed by atoms with van der Waals surface area (Å²) in [4.78, 5) is 23.8. The van der Waals surface area contributed by atoms with Gasteiger partial charge >= 0.3 is 12.0 Å². The minimum atomic E-state index is -1.07. The molecule has 0 bridgehead atoms. The van der Waals surface area contributed by atoms with Gasteiger partial charge in [0.2, 0.25) is 0 Å². The molecule has 0 radical (unpaired) electrons. The van der Waals surface area contributed by atoms with Crippen molar-refractivity contribution in [3.8, 4) is 0 Å². The Morgan fingerprint density at radius 3 is 2.74 bits per heavy atom. The Balaban J connectivity index is 2.77. The number of carboxylic acids is 1. The van der Waals surface area contributed by atoms with Gasteiger partial charge in [0.05, 0.1) is 0 Å². The Kier molecular flexibility index (Phi) is 5.57. The summed E-state index contributed by atoms with van der Waals surface area (Å²) in [5.41, 5.74) is 1.65. The van der Waals surface area contributed by atoms with Crippen LogP contribution in [0.1, 0.15) is 5.56 Å². The molecule has 0 heterocycles. The Labute approximate surface area is 120 Å². The van der Waals surface area contributed by atoms with E-state index in [9.17, 15) is 9.59 Å². The van der Waals surface area contributed by atoms with Gasteiger partial charge < -0.3 is 15.3 Å². The Bertz CT molecular complexity index is 503. The van der Waals surface area contributed by atoms with E-state index in [1.807, 2.05) is 13.0 Å². The number of halogens is 1.